The Morgan fingerprint density at radius 1 is 1.12 bits per heavy atom. The van der Waals surface area contributed by atoms with Gasteiger partial charge in [0.05, 0.1) is 6.61 Å². The van der Waals surface area contributed by atoms with E-state index in [2.05, 4.69) is 45.0 Å². The number of ether oxygens (including phenoxy) is 1. The van der Waals surface area contributed by atoms with Gasteiger partial charge >= 0.3 is 0 Å². The Labute approximate surface area is 143 Å². The van der Waals surface area contributed by atoms with Gasteiger partial charge in [0.1, 0.15) is 5.75 Å². The lowest BCUT2D eigenvalue weighted by molar-refractivity contribution is 0.100. The van der Waals surface area contributed by atoms with Crippen molar-refractivity contribution in [1.82, 2.24) is 0 Å². The molecule has 1 heterocycles. The first-order valence-corrected chi connectivity index (χ1v) is 8.23. The quantitative estimate of drug-likeness (QED) is 0.852. The molecule has 2 aromatic carbocycles. The molecule has 0 bridgehead atoms. The third-order valence-corrected chi connectivity index (χ3v) is 4.73. The van der Waals surface area contributed by atoms with Crippen LogP contribution in [0.2, 0.25) is 0 Å². The number of allylic oxidation sites excluding steroid dienone is 1. The van der Waals surface area contributed by atoms with Crippen LogP contribution in [0.4, 0.5) is 0 Å². The Balaban J connectivity index is 1.92. The summed E-state index contributed by atoms with van der Waals surface area (Å²) in [5, 5.41) is 0. The monoisotopic (exact) mass is 321 g/mol. The van der Waals surface area contributed by atoms with Gasteiger partial charge in [-0.2, -0.15) is 0 Å². The van der Waals surface area contributed by atoms with Crippen molar-refractivity contribution in [2.45, 2.75) is 32.6 Å². The summed E-state index contributed by atoms with van der Waals surface area (Å²) in [6.07, 6.45) is 3.14. The van der Waals surface area contributed by atoms with Gasteiger partial charge in [0, 0.05) is 11.1 Å². The van der Waals surface area contributed by atoms with Crippen LogP contribution in [0.5, 0.6) is 5.75 Å². The second kappa shape index (κ2) is 6.16. The van der Waals surface area contributed by atoms with E-state index >= 15 is 0 Å². The number of carbonyl (C=O) groups excluding carboxylic acids is 1. The number of carbonyl (C=O) groups is 1. The van der Waals surface area contributed by atoms with E-state index in [1.165, 1.54) is 16.7 Å². The summed E-state index contributed by atoms with van der Waals surface area (Å²) >= 11 is 0. The first kappa shape index (κ1) is 16.3. The number of benzene rings is 2. The van der Waals surface area contributed by atoms with Crippen LogP contribution in [0.3, 0.4) is 0 Å². The number of primary amides is 1. The molecule has 24 heavy (non-hydrogen) atoms. The van der Waals surface area contributed by atoms with Crippen molar-refractivity contribution in [1.29, 1.82) is 0 Å². The zero-order valence-electron chi connectivity index (χ0n) is 14.4. The summed E-state index contributed by atoms with van der Waals surface area (Å²) in [5.74, 6) is 0.591. The van der Waals surface area contributed by atoms with Crippen LogP contribution in [-0.2, 0) is 5.41 Å². The van der Waals surface area contributed by atoms with Gasteiger partial charge in [0.25, 0.3) is 0 Å². The molecule has 1 aliphatic rings. The molecule has 0 fully saturated rings. The normalized spacial score (nSPS) is 16.2. The van der Waals surface area contributed by atoms with Crippen LogP contribution in [0.1, 0.15) is 54.2 Å². The fourth-order valence-corrected chi connectivity index (χ4v) is 3.06. The summed E-state index contributed by atoms with van der Waals surface area (Å²) in [6, 6.07) is 13.7. The smallest absolute Gasteiger partial charge is 0.248 e. The summed E-state index contributed by atoms with van der Waals surface area (Å²) in [4.78, 5) is 11.1. The molecule has 3 rings (SSSR count). The highest BCUT2D eigenvalue weighted by atomic mass is 16.5. The second-order valence-corrected chi connectivity index (χ2v) is 7.01. The van der Waals surface area contributed by atoms with Crippen molar-refractivity contribution >= 4 is 17.6 Å². The molecule has 124 valence electrons. The molecule has 3 nitrogen and oxygen atoms in total. The van der Waals surface area contributed by atoms with Gasteiger partial charge in [-0.1, -0.05) is 38.1 Å². The highest BCUT2D eigenvalue weighted by Gasteiger charge is 2.28. The Bertz CT molecular complexity index is 801. The van der Waals surface area contributed by atoms with Crippen LogP contribution >= 0.6 is 0 Å². The number of fused-ring (bicyclic) bond motifs is 1. The summed E-state index contributed by atoms with van der Waals surface area (Å²) < 4.78 is 5.78. The van der Waals surface area contributed by atoms with Crippen molar-refractivity contribution in [3.05, 3.63) is 64.7 Å². The molecule has 1 aliphatic heterocycles. The average molecular weight is 321 g/mol. The number of hydrogen-bond acceptors (Lipinski definition) is 2. The lowest BCUT2D eigenvalue weighted by atomic mass is 9.79. The van der Waals surface area contributed by atoms with E-state index in [-0.39, 0.29) is 5.41 Å². The SMILES string of the molecule is CC(=Cc1ccc(C(N)=O)cc1)c1ccc2c(c1)C(C)(C)CCO2. The van der Waals surface area contributed by atoms with Crippen LogP contribution in [0.25, 0.3) is 11.6 Å². The number of rotatable bonds is 3. The fourth-order valence-electron chi connectivity index (χ4n) is 3.06. The molecule has 0 saturated carbocycles. The molecule has 3 heteroatoms. The summed E-state index contributed by atoms with van der Waals surface area (Å²) in [5.41, 5.74) is 10.6. The minimum Gasteiger partial charge on any atom is -0.493 e. The zero-order valence-corrected chi connectivity index (χ0v) is 14.4. The van der Waals surface area contributed by atoms with E-state index < -0.39 is 5.91 Å². The average Bonchev–Trinajstić information content (AvgIpc) is 2.55. The molecule has 0 atom stereocenters. The molecule has 0 unspecified atom stereocenters. The minimum absolute atomic E-state index is 0.132. The third kappa shape index (κ3) is 3.21. The Kier molecular flexibility index (Phi) is 4.18. The Morgan fingerprint density at radius 3 is 2.46 bits per heavy atom. The highest BCUT2D eigenvalue weighted by Crippen LogP contribution is 2.39. The summed E-state index contributed by atoms with van der Waals surface area (Å²) in [7, 11) is 0. The second-order valence-electron chi connectivity index (χ2n) is 7.01. The van der Waals surface area contributed by atoms with E-state index in [1.54, 1.807) is 12.1 Å². The van der Waals surface area contributed by atoms with Gasteiger partial charge < -0.3 is 10.5 Å². The van der Waals surface area contributed by atoms with Gasteiger partial charge in [0.15, 0.2) is 0 Å². The maximum Gasteiger partial charge on any atom is 0.248 e. The predicted molar refractivity (Wildman–Crippen MR) is 98.1 cm³/mol. The van der Waals surface area contributed by atoms with Crippen LogP contribution in [-0.4, -0.2) is 12.5 Å². The van der Waals surface area contributed by atoms with Crippen molar-refractivity contribution in [2.24, 2.45) is 5.73 Å². The molecular weight excluding hydrogens is 298 g/mol. The fraction of sp³-hybridized carbons (Fsp3) is 0.286. The first-order chi connectivity index (χ1) is 11.4. The van der Waals surface area contributed by atoms with E-state index in [1.807, 2.05) is 12.1 Å². The molecule has 2 aromatic rings. The maximum absolute atomic E-state index is 11.1. The van der Waals surface area contributed by atoms with Gasteiger partial charge in [-0.25, -0.2) is 0 Å². The highest BCUT2D eigenvalue weighted by molar-refractivity contribution is 5.93. The molecule has 0 radical (unpaired) electrons. The molecule has 2 N–H and O–H groups in total. The molecule has 0 saturated heterocycles. The van der Waals surface area contributed by atoms with Crippen LogP contribution in [0, 0.1) is 0 Å². The Morgan fingerprint density at radius 2 is 1.79 bits per heavy atom. The maximum atomic E-state index is 11.1. The molecule has 0 aliphatic carbocycles. The largest absolute Gasteiger partial charge is 0.493 e. The molecule has 0 spiro atoms. The van der Waals surface area contributed by atoms with E-state index in [0.29, 0.717) is 5.56 Å². The minimum atomic E-state index is -0.404. The first-order valence-electron chi connectivity index (χ1n) is 8.23. The Hall–Kier alpha value is -2.55. The standard InChI is InChI=1S/C21H23NO2/c1-14(12-15-4-6-16(7-5-15)20(22)23)17-8-9-19-18(13-17)21(2,3)10-11-24-19/h4-9,12-13H,10-11H2,1-3H3,(H2,22,23). The van der Waals surface area contributed by atoms with Gasteiger partial charge in [-0.15, -0.1) is 0 Å². The summed E-state index contributed by atoms with van der Waals surface area (Å²) in [6.45, 7) is 7.40. The van der Waals surface area contributed by atoms with Crippen LogP contribution in [0.15, 0.2) is 42.5 Å². The van der Waals surface area contributed by atoms with Crippen LogP contribution < -0.4 is 10.5 Å². The van der Waals surface area contributed by atoms with Gasteiger partial charge in [-0.3, -0.25) is 4.79 Å². The lowest BCUT2D eigenvalue weighted by Gasteiger charge is -2.32. The van der Waals surface area contributed by atoms with Crippen molar-refractivity contribution in [3.8, 4) is 5.75 Å². The van der Waals surface area contributed by atoms with Gasteiger partial charge in [0.2, 0.25) is 5.91 Å². The molecule has 1 amide bonds. The van der Waals surface area contributed by atoms with E-state index in [4.69, 9.17) is 10.5 Å². The van der Waals surface area contributed by atoms with Crippen molar-refractivity contribution < 1.29 is 9.53 Å². The molecule has 0 aromatic heterocycles. The van der Waals surface area contributed by atoms with Crippen molar-refractivity contribution in [3.63, 3.8) is 0 Å². The van der Waals surface area contributed by atoms with Gasteiger partial charge in [-0.05, 0) is 59.7 Å². The topological polar surface area (TPSA) is 52.3 Å². The van der Waals surface area contributed by atoms with E-state index in [9.17, 15) is 4.79 Å². The van der Waals surface area contributed by atoms with E-state index in [0.717, 1.165) is 24.3 Å². The number of hydrogen-bond donors (Lipinski definition) is 1. The third-order valence-electron chi connectivity index (χ3n) is 4.73. The zero-order chi connectivity index (χ0) is 17.3. The number of amides is 1. The van der Waals surface area contributed by atoms with Crippen molar-refractivity contribution in [2.75, 3.05) is 6.61 Å². The lowest BCUT2D eigenvalue weighted by Crippen LogP contribution is -2.26. The number of nitrogens with two attached hydrogens (primary N) is 1. The molecular formula is C21H23NO2. The predicted octanol–water partition coefficient (Wildman–Crippen LogP) is 4.41.